The summed E-state index contributed by atoms with van der Waals surface area (Å²) >= 11 is 0. The van der Waals surface area contributed by atoms with Crippen molar-refractivity contribution in [3.05, 3.63) is 36.0 Å². The molecule has 4 heteroatoms. The Kier molecular flexibility index (Phi) is 3.44. The van der Waals surface area contributed by atoms with Crippen LogP contribution in [0.5, 0.6) is 5.75 Å². The van der Waals surface area contributed by atoms with Crippen LogP contribution in [0.1, 0.15) is 5.69 Å². The first kappa shape index (κ1) is 11.7. The minimum absolute atomic E-state index is 0.613. The third-order valence-corrected chi connectivity index (χ3v) is 2.71. The topological polar surface area (TPSA) is 53.1 Å². The van der Waals surface area contributed by atoms with Gasteiger partial charge in [-0.3, -0.25) is 4.68 Å². The van der Waals surface area contributed by atoms with E-state index < -0.39 is 0 Å². The fourth-order valence-corrected chi connectivity index (χ4v) is 1.91. The molecule has 2 aromatic rings. The van der Waals surface area contributed by atoms with Crippen molar-refractivity contribution in [1.29, 1.82) is 0 Å². The van der Waals surface area contributed by atoms with E-state index in [1.807, 2.05) is 36.0 Å². The first-order chi connectivity index (χ1) is 8.26. The average Bonchev–Trinajstić information content (AvgIpc) is 2.70. The molecule has 0 fully saturated rings. The molecule has 0 atom stereocenters. The number of para-hydroxylation sites is 1. The van der Waals surface area contributed by atoms with E-state index in [4.69, 9.17) is 10.5 Å². The van der Waals surface area contributed by atoms with Gasteiger partial charge < -0.3 is 10.5 Å². The van der Waals surface area contributed by atoms with Crippen LogP contribution in [0.15, 0.2) is 30.3 Å². The molecule has 1 heterocycles. The Morgan fingerprint density at radius 1 is 1.35 bits per heavy atom. The monoisotopic (exact) mass is 231 g/mol. The molecule has 17 heavy (non-hydrogen) atoms. The van der Waals surface area contributed by atoms with Gasteiger partial charge in [0.05, 0.1) is 18.5 Å². The molecule has 4 nitrogen and oxygen atoms in total. The van der Waals surface area contributed by atoms with Gasteiger partial charge in [-0.25, -0.2) is 0 Å². The fraction of sp³-hybridized carbons (Fsp3) is 0.308. The molecule has 2 rings (SSSR count). The molecule has 0 saturated heterocycles. The highest BCUT2D eigenvalue weighted by Crippen LogP contribution is 2.29. The predicted octanol–water partition coefficient (Wildman–Crippen LogP) is 1.60. The van der Waals surface area contributed by atoms with Gasteiger partial charge in [0, 0.05) is 19.0 Å². The summed E-state index contributed by atoms with van der Waals surface area (Å²) < 4.78 is 7.22. The van der Waals surface area contributed by atoms with Crippen molar-refractivity contribution in [2.24, 2.45) is 12.8 Å². The van der Waals surface area contributed by atoms with E-state index in [-0.39, 0.29) is 0 Å². The smallest absolute Gasteiger partial charge is 0.128 e. The lowest BCUT2D eigenvalue weighted by Gasteiger charge is -2.07. The second-order valence-electron chi connectivity index (χ2n) is 3.88. The number of hydrogen-bond donors (Lipinski definition) is 1. The number of aromatic nitrogens is 2. The largest absolute Gasteiger partial charge is 0.496 e. The van der Waals surface area contributed by atoms with Gasteiger partial charge in [-0.1, -0.05) is 12.1 Å². The molecule has 0 spiro atoms. The molecule has 0 radical (unpaired) electrons. The van der Waals surface area contributed by atoms with E-state index in [1.165, 1.54) is 0 Å². The second kappa shape index (κ2) is 5.01. The Bertz CT molecular complexity index is 505. The normalized spacial score (nSPS) is 10.5. The molecule has 90 valence electrons. The molecule has 0 bridgehead atoms. The number of nitrogens with two attached hydrogens (primary N) is 1. The maximum Gasteiger partial charge on any atom is 0.128 e. The van der Waals surface area contributed by atoms with Gasteiger partial charge >= 0.3 is 0 Å². The zero-order chi connectivity index (χ0) is 12.3. The quantitative estimate of drug-likeness (QED) is 0.869. The molecule has 0 aliphatic heterocycles. The molecular formula is C13H17N3O. The number of methoxy groups -OCH3 is 1. The van der Waals surface area contributed by atoms with Crippen LogP contribution in [0.25, 0.3) is 11.3 Å². The molecule has 2 N–H and O–H groups in total. The van der Waals surface area contributed by atoms with Crippen LogP contribution in [-0.2, 0) is 13.5 Å². The molecule has 0 amide bonds. The van der Waals surface area contributed by atoms with Gasteiger partial charge in [0.25, 0.3) is 0 Å². The van der Waals surface area contributed by atoms with Crippen molar-refractivity contribution in [2.45, 2.75) is 6.42 Å². The molecule has 0 aliphatic carbocycles. The summed E-state index contributed by atoms with van der Waals surface area (Å²) in [5.41, 5.74) is 8.65. The summed E-state index contributed by atoms with van der Waals surface area (Å²) in [6, 6.07) is 9.99. The standard InChI is InChI=1S/C13H17N3O/c1-16-12(9-10(15-16)7-8-14)11-5-3-4-6-13(11)17-2/h3-6,9H,7-8,14H2,1-2H3. The first-order valence-corrected chi connectivity index (χ1v) is 5.62. The lowest BCUT2D eigenvalue weighted by atomic mass is 10.1. The van der Waals surface area contributed by atoms with Gasteiger partial charge in [-0.05, 0) is 24.7 Å². The lowest BCUT2D eigenvalue weighted by molar-refractivity contribution is 0.416. The van der Waals surface area contributed by atoms with E-state index in [1.54, 1.807) is 7.11 Å². The molecule has 1 aromatic carbocycles. The summed E-state index contributed by atoms with van der Waals surface area (Å²) in [4.78, 5) is 0. The van der Waals surface area contributed by atoms with Gasteiger partial charge in [-0.15, -0.1) is 0 Å². The predicted molar refractivity (Wildman–Crippen MR) is 68.0 cm³/mol. The lowest BCUT2D eigenvalue weighted by Crippen LogP contribution is -2.03. The highest BCUT2D eigenvalue weighted by molar-refractivity contribution is 5.67. The van der Waals surface area contributed by atoms with Crippen molar-refractivity contribution < 1.29 is 4.74 Å². The van der Waals surface area contributed by atoms with E-state index in [0.29, 0.717) is 6.54 Å². The van der Waals surface area contributed by atoms with Crippen LogP contribution >= 0.6 is 0 Å². The first-order valence-electron chi connectivity index (χ1n) is 5.62. The van der Waals surface area contributed by atoms with E-state index in [9.17, 15) is 0 Å². The summed E-state index contributed by atoms with van der Waals surface area (Å²) in [5, 5.41) is 4.43. The average molecular weight is 231 g/mol. The summed E-state index contributed by atoms with van der Waals surface area (Å²) in [5.74, 6) is 0.856. The number of aryl methyl sites for hydroxylation is 1. The second-order valence-corrected chi connectivity index (χ2v) is 3.88. The van der Waals surface area contributed by atoms with E-state index in [0.717, 1.165) is 29.1 Å². The number of nitrogens with zero attached hydrogens (tertiary/aromatic N) is 2. The van der Waals surface area contributed by atoms with Crippen LogP contribution < -0.4 is 10.5 Å². The van der Waals surface area contributed by atoms with Crippen LogP contribution in [0, 0.1) is 0 Å². The van der Waals surface area contributed by atoms with Crippen LogP contribution in [0.4, 0.5) is 0 Å². The Hall–Kier alpha value is -1.81. The highest BCUT2D eigenvalue weighted by Gasteiger charge is 2.10. The Balaban J connectivity index is 2.45. The van der Waals surface area contributed by atoms with Crippen molar-refractivity contribution in [3.63, 3.8) is 0 Å². The number of hydrogen-bond acceptors (Lipinski definition) is 3. The van der Waals surface area contributed by atoms with Crippen LogP contribution in [-0.4, -0.2) is 23.4 Å². The van der Waals surface area contributed by atoms with Gasteiger partial charge in [0.15, 0.2) is 0 Å². The molecule has 1 aromatic heterocycles. The van der Waals surface area contributed by atoms with Crippen LogP contribution in [0.2, 0.25) is 0 Å². The van der Waals surface area contributed by atoms with Gasteiger partial charge in [0.1, 0.15) is 5.75 Å². The number of ether oxygens (including phenoxy) is 1. The number of rotatable bonds is 4. The maximum atomic E-state index is 5.54. The zero-order valence-electron chi connectivity index (χ0n) is 10.2. The van der Waals surface area contributed by atoms with Gasteiger partial charge in [0.2, 0.25) is 0 Å². The minimum atomic E-state index is 0.613. The van der Waals surface area contributed by atoms with Crippen molar-refractivity contribution in [2.75, 3.05) is 13.7 Å². The van der Waals surface area contributed by atoms with Crippen molar-refractivity contribution >= 4 is 0 Å². The fourth-order valence-electron chi connectivity index (χ4n) is 1.91. The molecule has 0 aliphatic rings. The molecule has 0 unspecified atom stereocenters. The highest BCUT2D eigenvalue weighted by atomic mass is 16.5. The molecule has 0 saturated carbocycles. The SMILES string of the molecule is COc1ccccc1-c1cc(CCN)nn1C. The van der Waals surface area contributed by atoms with Gasteiger partial charge in [-0.2, -0.15) is 5.10 Å². The van der Waals surface area contributed by atoms with Crippen LogP contribution in [0.3, 0.4) is 0 Å². The summed E-state index contributed by atoms with van der Waals surface area (Å²) in [7, 11) is 3.61. The Morgan fingerprint density at radius 2 is 2.12 bits per heavy atom. The number of benzene rings is 1. The Morgan fingerprint density at radius 3 is 2.82 bits per heavy atom. The zero-order valence-corrected chi connectivity index (χ0v) is 10.2. The van der Waals surface area contributed by atoms with E-state index in [2.05, 4.69) is 11.2 Å². The Labute approximate surface area is 101 Å². The summed E-state index contributed by atoms with van der Waals surface area (Å²) in [6.07, 6.45) is 0.795. The van der Waals surface area contributed by atoms with Crippen molar-refractivity contribution in [1.82, 2.24) is 9.78 Å². The third kappa shape index (κ3) is 2.31. The maximum absolute atomic E-state index is 5.54. The molecular weight excluding hydrogens is 214 g/mol. The van der Waals surface area contributed by atoms with E-state index >= 15 is 0 Å². The summed E-state index contributed by atoms with van der Waals surface area (Å²) in [6.45, 7) is 0.613. The third-order valence-electron chi connectivity index (χ3n) is 2.71. The van der Waals surface area contributed by atoms with Crippen molar-refractivity contribution in [3.8, 4) is 17.0 Å². The minimum Gasteiger partial charge on any atom is -0.496 e.